The highest BCUT2D eigenvalue weighted by Gasteiger charge is 2.31. The molecule has 1 nitrogen and oxygen atoms in total. The van der Waals surface area contributed by atoms with Crippen molar-refractivity contribution >= 4 is 15.9 Å². The van der Waals surface area contributed by atoms with Crippen LogP contribution in [-0.2, 0) is 6.42 Å². The van der Waals surface area contributed by atoms with E-state index in [0.717, 1.165) is 24.0 Å². The summed E-state index contributed by atoms with van der Waals surface area (Å²) in [6.45, 7) is 6.72. The SMILES string of the molecule is CC1CCC(C(Br)c2ccc3c(c2)CC(C)(C)O3)CC1. The lowest BCUT2D eigenvalue weighted by Gasteiger charge is -2.30. The second kappa shape index (κ2) is 5.36. The Balaban J connectivity index is 1.75. The van der Waals surface area contributed by atoms with E-state index >= 15 is 0 Å². The Kier molecular flexibility index (Phi) is 3.87. The largest absolute Gasteiger partial charge is 0.487 e. The molecule has 0 N–H and O–H groups in total. The lowest BCUT2D eigenvalue weighted by molar-refractivity contribution is 0.138. The van der Waals surface area contributed by atoms with Crippen molar-refractivity contribution in [3.05, 3.63) is 29.3 Å². The predicted molar refractivity (Wildman–Crippen MR) is 87.6 cm³/mol. The van der Waals surface area contributed by atoms with Crippen molar-refractivity contribution in [2.75, 3.05) is 0 Å². The van der Waals surface area contributed by atoms with E-state index < -0.39 is 0 Å². The van der Waals surface area contributed by atoms with Crippen LogP contribution in [0.1, 0.15) is 62.4 Å². The Hall–Kier alpha value is -0.500. The molecule has 1 aliphatic carbocycles. The van der Waals surface area contributed by atoms with Crippen molar-refractivity contribution in [3.63, 3.8) is 0 Å². The summed E-state index contributed by atoms with van der Waals surface area (Å²) in [7, 11) is 0. The summed E-state index contributed by atoms with van der Waals surface area (Å²) < 4.78 is 5.97. The quantitative estimate of drug-likeness (QED) is 0.633. The maximum atomic E-state index is 5.97. The van der Waals surface area contributed by atoms with Crippen molar-refractivity contribution in [2.24, 2.45) is 11.8 Å². The standard InChI is InChI=1S/C18H25BrO/c1-12-4-6-13(7-5-12)17(19)14-8-9-16-15(10-14)11-18(2,3)20-16/h8-10,12-13,17H,4-7,11H2,1-3H3. The second-order valence-corrected chi connectivity index (χ2v) is 8.31. The van der Waals surface area contributed by atoms with Gasteiger partial charge in [0.25, 0.3) is 0 Å². The third-order valence-electron chi connectivity index (χ3n) is 4.88. The van der Waals surface area contributed by atoms with E-state index in [4.69, 9.17) is 4.74 Å². The predicted octanol–water partition coefficient (Wildman–Crippen LogP) is 5.66. The zero-order chi connectivity index (χ0) is 14.3. The molecule has 2 heteroatoms. The van der Waals surface area contributed by atoms with Crippen LogP contribution in [0.5, 0.6) is 5.75 Å². The Morgan fingerprint density at radius 1 is 1.20 bits per heavy atom. The number of hydrogen-bond acceptors (Lipinski definition) is 1. The summed E-state index contributed by atoms with van der Waals surface area (Å²) in [6, 6.07) is 6.78. The molecule has 1 atom stereocenters. The number of halogens is 1. The molecule has 0 bridgehead atoms. The molecular weight excluding hydrogens is 312 g/mol. The van der Waals surface area contributed by atoms with Gasteiger partial charge in [-0.05, 0) is 55.7 Å². The van der Waals surface area contributed by atoms with Crippen LogP contribution in [0.2, 0.25) is 0 Å². The highest BCUT2D eigenvalue weighted by Crippen LogP contribution is 2.44. The van der Waals surface area contributed by atoms with Gasteiger partial charge in [0.2, 0.25) is 0 Å². The first-order valence-electron chi connectivity index (χ1n) is 7.90. The summed E-state index contributed by atoms with van der Waals surface area (Å²) in [5, 5.41) is 0. The fourth-order valence-electron chi connectivity index (χ4n) is 3.65. The van der Waals surface area contributed by atoms with E-state index in [1.807, 2.05) is 0 Å². The summed E-state index contributed by atoms with van der Waals surface area (Å²) in [5.41, 5.74) is 2.77. The van der Waals surface area contributed by atoms with Gasteiger partial charge in [-0.3, -0.25) is 0 Å². The minimum Gasteiger partial charge on any atom is -0.487 e. The van der Waals surface area contributed by atoms with Crippen LogP contribution in [0.4, 0.5) is 0 Å². The Morgan fingerprint density at radius 2 is 1.90 bits per heavy atom. The smallest absolute Gasteiger partial charge is 0.123 e. The van der Waals surface area contributed by atoms with E-state index in [1.165, 1.54) is 36.8 Å². The van der Waals surface area contributed by atoms with Gasteiger partial charge in [0.05, 0.1) is 0 Å². The molecule has 1 unspecified atom stereocenters. The zero-order valence-corrected chi connectivity index (χ0v) is 14.4. The fraction of sp³-hybridized carbons (Fsp3) is 0.667. The van der Waals surface area contributed by atoms with Gasteiger partial charge in [-0.1, -0.05) is 47.8 Å². The van der Waals surface area contributed by atoms with Gasteiger partial charge >= 0.3 is 0 Å². The van der Waals surface area contributed by atoms with Gasteiger partial charge < -0.3 is 4.74 Å². The molecule has 0 amide bonds. The molecule has 1 saturated carbocycles. The number of ether oxygens (including phenoxy) is 1. The average Bonchev–Trinajstić information content (AvgIpc) is 2.71. The van der Waals surface area contributed by atoms with Crippen LogP contribution in [0.3, 0.4) is 0 Å². The molecule has 20 heavy (non-hydrogen) atoms. The Morgan fingerprint density at radius 3 is 2.60 bits per heavy atom. The molecule has 1 heterocycles. The minimum absolute atomic E-state index is 0.0387. The lowest BCUT2D eigenvalue weighted by Crippen LogP contribution is -2.24. The molecule has 1 aromatic carbocycles. The molecule has 3 rings (SSSR count). The Labute approximate surface area is 131 Å². The molecule has 1 fully saturated rings. The first kappa shape index (κ1) is 14.4. The second-order valence-electron chi connectivity index (χ2n) is 7.33. The van der Waals surface area contributed by atoms with Gasteiger partial charge in [0, 0.05) is 11.2 Å². The lowest BCUT2D eigenvalue weighted by atomic mass is 9.80. The summed E-state index contributed by atoms with van der Waals surface area (Å²) in [6.07, 6.45) is 6.51. The average molecular weight is 337 g/mol. The van der Waals surface area contributed by atoms with E-state index in [-0.39, 0.29) is 5.60 Å². The number of rotatable bonds is 2. The van der Waals surface area contributed by atoms with Gasteiger partial charge in [0.1, 0.15) is 11.4 Å². The number of alkyl halides is 1. The van der Waals surface area contributed by atoms with Gasteiger partial charge in [0.15, 0.2) is 0 Å². The molecule has 2 aliphatic rings. The van der Waals surface area contributed by atoms with Crippen molar-refractivity contribution < 1.29 is 4.74 Å². The minimum atomic E-state index is -0.0387. The Bertz CT molecular complexity index is 486. The fourth-order valence-corrected chi connectivity index (χ4v) is 4.47. The van der Waals surface area contributed by atoms with Crippen molar-refractivity contribution in [3.8, 4) is 5.75 Å². The van der Waals surface area contributed by atoms with Crippen LogP contribution in [0.25, 0.3) is 0 Å². The van der Waals surface area contributed by atoms with Gasteiger partial charge in [-0.25, -0.2) is 0 Å². The van der Waals surface area contributed by atoms with E-state index in [0.29, 0.717) is 4.83 Å². The topological polar surface area (TPSA) is 9.23 Å². The normalized spacial score (nSPS) is 29.6. The zero-order valence-electron chi connectivity index (χ0n) is 12.8. The molecule has 1 aromatic rings. The molecule has 1 aliphatic heterocycles. The van der Waals surface area contributed by atoms with E-state index in [2.05, 4.69) is 54.9 Å². The maximum absolute atomic E-state index is 5.97. The van der Waals surface area contributed by atoms with Crippen molar-refractivity contribution in [2.45, 2.75) is 63.3 Å². The molecule has 0 aromatic heterocycles. The molecule has 0 radical (unpaired) electrons. The number of benzene rings is 1. The van der Waals surface area contributed by atoms with Gasteiger partial charge in [-0.2, -0.15) is 0 Å². The van der Waals surface area contributed by atoms with Crippen LogP contribution in [0.15, 0.2) is 18.2 Å². The van der Waals surface area contributed by atoms with Gasteiger partial charge in [-0.15, -0.1) is 0 Å². The summed E-state index contributed by atoms with van der Waals surface area (Å²) in [4.78, 5) is 0.504. The van der Waals surface area contributed by atoms with Crippen molar-refractivity contribution in [1.82, 2.24) is 0 Å². The summed E-state index contributed by atoms with van der Waals surface area (Å²) >= 11 is 3.96. The van der Waals surface area contributed by atoms with Crippen LogP contribution in [0, 0.1) is 11.8 Å². The van der Waals surface area contributed by atoms with Crippen LogP contribution in [-0.4, -0.2) is 5.60 Å². The summed E-state index contributed by atoms with van der Waals surface area (Å²) in [5.74, 6) is 2.79. The maximum Gasteiger partial charge on any atom is 0.123 e. The molecule has 110 valence electrons. The molecule has 0 spiro atoms. The first-order chi connectivity index (χ1) is 9.44. The number of fused-ring (bicyclic) bond motifs is 1. The number of hydrogen-bond donors (Lipinski definition) is 0. The monoisotopic (exact) mass is 336 g/mol. The first-order valence-corrected chi connectivity index (χ1v) is 8.82. The van der Waals surface area contributed by atoms with Crippen LogP contribution >= 0.6 is 15.9 Å². The van der Waals surface area contributed by atoms with Crippen molar-refractivity contribution in [1.29, 1.82) is 0 Å². The van der Waals surface area contributed by atoms with E-state index in [1.54, 1.807) is 0 Å². The highest BCUT2D eigenvalue weighted by atomic mass is 79.9. The third-order valence-corrected chi connectivity index (χ3v) is 6.16. The third kappa shape index (κ3) is 2.90. The van der Waals surface area contributed by atoms with E-state index in [9.17, 15) is 0 Å². The molecular formula is C18H25BrO. The highest BCUT2D eigenvalue weighted by molar-refractivity contribution is 9.09. The van der Waals surface area contributed by atoms with Crippen LogP contribution < -0.4 is 4.74 Å². The molecule has 0 saturated heterocycles.